The van der Waals surface area contributed by atoms with Crippen molar-refractivity contribution in [2.45, 2.75) is 22.4 Å². The Morgan fingerprint density at radius 3 is 1.51 bits per heavy atom. The third kappa shape index (κ3) is 8.02. The normalized spacial score (nSPS) is 10.4. The lowest BCUT2D eigenvalue weighted by Gasteiger charge is -2.07. The fourth-order valence-electron chi connectivity index (χ4n) is 3.57. The molecule has 0 N–H and O–H groups in total. The molecule has 0 atom stereocenters. The van der Waals surface area contributed by atoms with Crippen molar-refractivity contribution in [3.05, 3.63) is 141 Å². The summed E-state index contributed by atoms with van der Waals surface area (Å²) >= 11 is 24.4. The zero-order chi connectivity index (χ0) is 26.8. The number of halogens is 5. The van der Waals surface area contributed by atoms with Crippen LogP contribution in [-0.4, -0.2) is 11.6 Å². The molecule has 2 nitrogen and oxygen atoms in total. The first-order chi connectivity index (χ1) is 17.9. The molecule has 0 saturated carbocycles. The number of carbonyl (C=O) groups is 2. The Hall–Kier alpha value is -1.95. The molecule has 0 aromatic heterocycles. The van der Waals surface area contributed by atoms with Gasteiger partial charge in [-0.1, -0.05) is 98.1 Å². The van der Waals surface area contributed by atoms with Crippen LogP contribution in [0.15, 0.2) is 91.0 Å². The summed E-state index contributed by atoms with van der Waals surface area (Å²) in [5.74, 6) is 0.740. The van der Waals surface area contributed by atoms with Gasteiger partial charge in [0.2, 0.25) is 0 Å². The molecule has 0 fully saturated rings. The SMILES string of the molecule is O=C(c1ccc(Cl)cc1)c1ccc(CCl)c(CCl)c1.O=C(c1ccccc1)c1ccc(CBr)c(CBr)c1. The lowest BCUT2D eigenvalue weighted by Crippen LogP contribution is -2.03. The molecule has 0 aliphatic rings. The van der Waals surface area contributed by atoms with E-state index in [9.17, 15) is 9.59 Å². The third-order valence-corrected chi connectivity index (χ3v) is 7.69. The van der Waals surface area contributed by atoms with E-state index >= 15 is 0 Å². The molecule has 0 spiro atoms. The zero-order valence-electron chi connectivity index (χ0n) is 19.7. The number of hydrogen-bond donors (Lipinski definition) is 0. The highest BCUT2D eigenvalue weighted by Crippen LogP contribution is 2.21. The van der Waals surface area contributed by atoms with E-state index < -0.39 is 0 Å². The van der Waals surface area contributed by atoms with E-state index in [2.05, 4.69) is 31.9 Å². The van der Waals surface area contributed by atoms with Crippen LogP contribution in [0.4, 0.5) is 0 Å². The summed E-state index contributed by atoms with van der Waals surface area (Å²) in [6, 6.07) is 27.4. The Kier molecular flexibility index (Phi) is 11.9. The minimum Gasteiger partial charge on any atom is -0.289 e. The molecule has 37 heavy (non-hydrogen) atoms. The van der Waals surface area contributed by atoms with E-state index in [4.69, 9.17) is 34.8 Å². The standard InChI is InChI=1S/C15H12Br2O.C15H11Cl3O/c16-9-13-7-6-12(8-14(13)10-17)15(18)11-4-2-1-3-5-11;16-8-12-2-1-11(7-13(12)9-17)15(19)10-3-5-14(18)6-4-10/h1-8H,9-10H2;1-7H,8-9H2. The van der Waals surface area contributed by atoms with Gasteiger partial charge in [-0.3, -0.25) is 9.59 Å². The quantitative estimate of drug-likeness (QED) is 0.137. The highest BCUT2D eigenvalue weighted by atomic mass is 79.9. The van der Waals surface area contributed by atoms with E-state index in [1.807, 2.05) is 54.6 Å². The molecule has 190 valence electrons. The van der Waals surface area contributed by atoms with Gasteiger partial charge in [0, 0.05) is 49.7 Å². The van der Waals surface area contributed by atoms with Gasteiger partial charge in [0.25, 0.3) is 0 Å². The summed E-state index contributed by atoms with van der Waals surface area (Å²) in [5.41, 5.74) is 6.85. The maximum Gasteiger partial charge on any atom is 0.193 e. The molecule has 4 aromatic carbocycles. The average Bonchev–Trinajstić information content (AvgIpc) is 2.96. The predicted molar refractivity (Wildman–Crippen MR) is 162 cm³/mol. The molecular formula is C30H23Br2Cl3O2. The van der Waals surface area contributed by atoms with E-state index in [1.165, 1.54) is 5.56 Å². The molecule has 0 heterocycles. The van der Waals surface area contributed by atoms with Gasteiger partial charge >= 0.3 is 0 Å². The average molecular weight is 682 g/mol. The maximum atomic E-state index is 12.3. The van der Waals surface area contributed by atoms with Crippen molar-refractivity contribution in [1.82, 2.24) is 0 Å². The van der Waals surface area contributed by atoms with Gasteiger partial charge in [0.1, 0.15) is 0 Å². The Morgan fingerprint density at radius 1 is 0.541 bits per heavy atom. The van der Waals surface area contributed by atoms with Crippen LogP contribution in [0, 0.1) is 0 Å². The zero-order valence-corrected chi connectivity index (χ0v) is 25.1. The van der Waals surface area contributed by atoms with Crippen LogP contribution in [0.2, 0.25) is 5.02 Å². The second-order valence-corrected chi connectivity index (χ2v) is 10.1. The molecule has 0 saturated heterocycles. The van der Waals surface area contributed by atoms with Crippen LogP contribution in [0.1, 0.15) is 54.1 Å². The first kappa shape index (κ1) is 29.6. The summed E-state index contributed by atoms with van der Waals surface area (Å²) in [7, 11) is 0. The fraction of sp³-hybridized carbons (Fsp3) is 0.133. The number of ketones is 2. The highest BCUT2D eigenvalue weighted by molar-refractivity contribution is 9.09. The largest absolute Gasteiger partial charge is 0.289 e. The maximum absolute atomic E-state index is 12.3. The number of rotatable bonds is 8. The number of hydrogen-bond acceptors (Lipinski definition) is 2. The van der Waals surface area contributed by atoms with Crippen molar-refractivity contribution in [3.8, 4) is 0 Å². The van der Waals surface area contributed by atoms with Gasteiger partial charge in [-0.2, -0.15) is 0 Å². The van der Waals surface area contributed by atoms with Crippen LogP contribution >= 0.6 is 66.7 Å². The fourth-order valence-corrected chi connectivity index (χ4v) is 5.27. The van der Waals surface area contributed by atoms with Crippen LogP contribution < -0.4 is 0 Å². The highest BCUT2D eigenvalue weighted by Gasteiger charge is 2.12. The monoisotopic (exact) mass is 678 g/mol. The second-order valence-electron chi connectivity index (χ2n) is 8.03. The van der Waals surface area contributed by atoms with Gasteiger partial charge in [0.05, 0.1) is 0 Å². The Bertz CT molecular complexity index is 1360. The molecule has 0 unspecified atom stereocenters. The first-order valence-electron chi connectivity index (χ1n) is 11.3. The summed E-state index contributed by atoms with van der Waals surface area (Å²) in [5, 5.41) is 2.16. The van der Waals surface area contributed by atoms with Crippen molar-refractivity contribution < 1.29 is 9.59 Å². The van der Waals surface area contributed by atoms with E-state index in [1.54, 1.807) is 36.4 Å². The van der Waals surface area contributed by atoms with E-state index in [-0.39, 0.29) is 11.6 Å². The van der Waals surface area contributed by atoms with Crippen LogP contribution in [0.3, 0.4) is 0 Å². The van der Waals surface area contributed by atoms with Crippen molar-refractivity contribution in [2.24, 2.45) is 0 Å². The third-order valence-electron chi connectivity index (χ3n) is 5.66. The molecule has 0 radical (unpaired) electrons. The second kappa shape index (κ2) is 14.8. The Morgan fingerprint density at radius 2 is 1.00 bits per heavy atom. The number of benzene rings is 4. The van der Waals surface area contributed by atoms with Crippen molar-refractivity contribution in [2.75, 3.05) is 0 Å². The Balaban J connectivity index is 0.000000206. The number of alkyl halides is 4. The molecule has 7 heteroatoms. The van der Waals surface area contributed by atoms with E-state index in [0.717, 1.165) is 38.5 Å². The summed E-state index contributed by atoms with van der Waals surface area (Å²) in [6.07, 6.45) is 0. The molecule has 4 rings (SSSR count). The van der Waals surface area contributed by atoms with E-state index in [0.29, 0.717) is 27.9 Å². The van der Waals surface area contributed by atoms with Gasteiger partial charge in [-0.25, -0.2) is 0 Å². The topological polar surface area (TPSA) is 34.1 Å². The first-order valence-corrected chi connectivity index (χ1v) is 15.0. The summed E-state index contributed by atoms with van der Waals surface area (Å²) in [4.78, 5) is 24.6. The van der Waals surface area contributed by atoms with Crippen molar-refractivity contribution >= 4 is 78.2 Å². The van der Waals surface area contributed by atoms with Crippen molar-refractivity contribution in [3.63, 3.8) is 0 Å². The van der Waals surface area contributed by atoms with Gasteiger partial charge < -0.3 is 0 Å². The smallest absolute Gasteiger partial charge is 0.193 e. The molecule has 0 aliphatic carbocycles. The molecule has 0 amide bonds. The van der Waals surface area contributed by atoms with Gasteiger partial charge in [-0.05, 0) is 58.7 Å². The van der Waals surface area contributed by atoms with Crippen LogP contribution in [-0.2, 0) is 22.4 Å². The molecular weight excluding hydrogens is 658 g/mol. The van der Waals surface area contributed by atoms with Crippen molar-refractivity contribution in [1.29, 1.82) is 0 Å². The predicted octanol–water partition coefficient (Wildman–Crippen LogP) is 9.76. The molecule has 4 aromatic rings. The molecule has 0 bridgehead atoms. The summed E-state index contributed by atoms with van der Waals surface area (Å²) < 4.78 is 0. The number of carbonyl (C=O) groups excluding carboxylic acids is 2. The van der Waals surface area contributed by atoms with Gasteiger partial charge in [0.15, 0.2) is 11.6 Å². The minimum absolute atomic E-state index is 0.0517. The lowest BCUT2D eigenvalue weighted by atomic mass is 9.99. The van der Waals surface area contributed by atoms with Crippen LogP contribution in [0.25, 0.3) is 0 Å². The minimum atomic E-state index is -0.0517. The Labute approximate surface area is 249 Å². The van der Waals surface area contributed by atoms with Crippen LogP contribution in [0.5, 0.6) is 0 Å². The lowest BCUT2D eigenvalue weighted by molar-refractivity contribution is 0.103. The molecule has 0 aliphatic heterocycles. The van der Waals surface area contributed by atoms with Gasteiger partial charge in [-0.15, -0.1) is 23.2 Å². The summed E-state index contributed by atoms with van der Waals surface area (Å²) in [6.45, 7) is 0.